The maximum absolute atomic E-state index is 11.5. The van der Waals surface area contributed by atoms with Gasteiger partial charge in [0, 0.05) is 17.9 Å². The van der Waals surface area contributed by atoms with Crippen molar-refractivity contribution in [1.29, 1.82) is 0 Å². The summed E-state index contributed by atoms with van der Waals surface area (Å²) < 4.78 is 30.9. The maximum Gasteiger partial charge on any atom is 0.232 e. The Hall–Kier alpha value is -2.21. The third-order valence-electron chi connectivity index (χ3n) is 3.51. The van der Waals surface area contributed by atoms with Crippen molar-refractivity contribution < 1.29 is 13.2 Å². The van der Waals surface area contributed by atoms with Gasteiger partial charge in [-0.05, 0) is 55.3 Å². The van der Waals surface area contributed by atoms with Crippen LogP contribution in [0, 0.1) is 6.92 Å². The van der Waals surface area contributed by atoms with E-state index >= 15 is 0 Å². The second-order valence-electron chi connectivity index (χ2n) is 5.24. The Morgan fingerprint density at radius 3 is 2.30 bits per heavy atom. The van der Waals surface area contributed by atoms with E-state index in [9.17, 15) is 8.42 Å². The van der Waals surface area contributed by atoms with Crippen LogP contribution in [-0.2, 0) is 16.6 Å². The SMILES string of the molecule is CCS(=O)(=O)Nc1ccc(NCc2ccc(C)c(OC)c2)cc1. The van der Waals surface area contributed by atoms with Crippen molar-refractivity contribution in [2.45, 2.75) is 20.4 Å². The lowest BCUT2D eigenvalue weighted by molar-refractivity contribution is 0.411. The molecule has 2 N–H and O–H groups in total. The van der Waals surface area contributed by atoms with Gasteiger partial charge in [-0.25, -0.2) is 8.42 Å². The number of ether oxygens (including phenoxy) is 1. The molecular formula is C17H22N2O3S. The van der Waals surface area contributed by atoms with Gasteiger partial charge in [0.25, 0.3) is 0 Å². The maximum atomic E-state index is 11.5. The van der Waals surface area contributed by atoms with Gasteiger partial charge in [-0.15, -0.1) is 0 Å². The Labute approximate surface area is 137 Å². The first-order valence-electron chi connectivity index (χ1n) is 7.41. The number of hydrogen-bond acceptors (Lipinski definition) is 4. The summed E-state index contributed by atoms with van der Waals surface area (Å²) >= 11 is 0. The van der Waals surface area contributed by atoms with Crippen molar-refractivity contribution in [3.8, 4) is 5.75 Å². The highest BCUT2D eigenvalue weighted by Gasteiger charge is 2.06. The Morgan fingerprint density at radius 1 is 1.04 bits per heavy atom. The molecule has 0 aliphatic heterocycles. The predicted octanol–water partition coefficient (Wildman–Crippen LogP) is 3.38. The van der Waals surface area contributed by atoms with Crippen LogP contribution >= 0.6 is 0 Å². The molecule has 0 saturated carbocycles. The van der Waals surface area contributed by atoms with E-state index in [4.69, 9.17) is 4.74 Å². The van der Waals surface area contributed by atoms with E-state index in [1.807, 2.05) is 31.2 Å². The molecule has 2 aromatic carbocycles. The second-order valence-corrected chi connectivity index (χ2v) is 7.25. The minimum Gasteiger partial charge on any atom is -0.496 e. The summed E-state index contributed by atoms with van der Waals surface area (Å²) in [7, 11) is -1.57. The molecule has 23 heavy (non-hydrogen) atoms. The lowest BCUT2D eigenvalue weighted by Gasteiger charge is -2.11. The highest BCUT2D eigenvalue weighted by molar-refractivity contribution is 7.92. The molecule has 0 spiro atoms. The zero-order valence-electron chi connectivity index (χ0n) is 13.6. The minimum atomic E-state index is -3.24. The molecule has 0 aliphatic rings. The fourth-order valence-corrected chi connectivity index (χ4v) is 2.73. The summed E-state index contributed by atoms with van der Waals surface area (Å²) in [5.74, 6) is 0.927. The molecule has 0 aromatic heterocycles. The minimum absolute atomic E-state index is 0.0578. The molecule has 0 radical (unpaired) electrons. The summed E-state index contributed by atoms with van der Waals surface area (Å²) in [5.41, 5.74) is 3.70. The van der Waals surface area contributed by atoms with Crippen molar-refractivity contribution in [2.75, 3.05) is 22.9 Å². The van der Waals surface area contributed by atoms with E-state index < -0.39 is 10.0 Å². The largest absolute Gasteiger partial charge is 0.496 e. The number of aryl methyl sites for hydroxylation is 1. The van der Waals surface area contributed by atoms with Gasteiger partial charge in [0.1, 0.15) is 5.75 Å². The average molecular weight is 334 g/mol. The van der Waals surface area contributed by atoms with Gasteiger partial charge in [0.05, 0.1) is 12.9 Å². The number of hydrogen-bond donors (Lipinski definition) is 2. The highest BCUT2D eigenvalue weighted by Crippen LogP contribution is 2.20. The number of rotatable bonds is 7. The molecule has 0 amide bonds. The first kappa shape index (κ1) is 17.1. The molecule has 5 nitrogen and oxygen atoms in total. The van der Waals surface area contributed by atoms with Crippen molar-refractivity contribution in [1.82, 2.24) is 0 Å². The van der Waals surface area contributed by atoms with Crippen molar-refractivity contribution >= 4 is 21.4 Å². The lowest BCUT2D eigenvalue weighted by atomic mass is 10.1. The third kappa shape index (κ3) is 4.89. The number of methoxy groups -OCH3 is 1. The van der Waals surface area contributed by atoms with Gasteiger partial charge in [0.15, 0.2) is 0 Å². The highest BCUT2D eigenvalue weighted by atomic mass is 32.2. The number of benzene rings is 2. The van der Waals surface area contributed by atoms with Gasteiger partial charge in [-0.1, -0.05) is 12.1 Å². The number of nitrogens with one attached hydrogen (secondary N) is 2. The molecule has 0 unspecified atom stereocenters. The molecule has 0 aliphatic carbocycles. The quantitative estimate of drug-likeness (QED) is 0.814. The Balaban J connectivity index is 1.99. The molecule has 124 valence electrons. The van der Waals surface area contributed by atoms with Crippen LogP contribution in [0.1, 0.15) is 18.1 Å². The molecule has 0 bridgehead atoms. The zero-order valence-corrected chi connectivity index (χ0v) is 14.4. The van der Waals surface area contributed by atoms with Crippen molar-refractivity contribution in [2.24, 2.45) is 0 Å². The Kier molecular flexibility index (Phi) is 5.50. The monoisotopic (exact) mass is 334 g/mol. The van der Waals surface area contributed by atoms with Crippen LogP contribution in [0.4, 0.5) is 11.4 Å². The molecule has 0 atom stereocenters. The van der Waals surface area contributed by atoms with E-state index in [2.05, 4.69) is 16.1 Å². The van der Waals surface area contributed by atoms with Crippen LogP contribution in [0.3, 0.4) is 0 Å². The van der Waals surface area contributed by atoms with Crippen molar-refractivity contribution in [3.63, 3.8) is 0 Å². The van der Waals surface area contributed by atoms with Crippen LogP contribution in [0.15, 0.2) is 42.5 Å². The molecule has 2 rings (SSSR count). The van der Waals surface area contributed by atoms with Crippen LogP contribution < -0.4 is 14.8 Å². The second kappa shape index (κ2) is 7.37. The summed E-state index contributed by atoms with van der Waals surface area (Å²) in [6.45, 7) is 4.27. The van der Waals surface area contributed by atoms with Crippen LogP contribution in [-0.4, -0.2) is 21.3 Å². The zero-order chi connectivity index (χ0) is 16.9. The van der Waals surface area contributed by atoms with E-state index in [0.29, 0.717) is 12.2 Å². The lowest BCUT2D eigenvalue weighted by Crippen LogP contribution is -2.14. The van der Waals surface area contributed by atoms with Crippen molar-refractivity contribution in [3.05, 3.63) is 53.6 Å². The van der Waals surface area contributed by atoms with Crippen LogP contribution in [0.5, 0.6) is 5.75 Å². The summed E-state index contributed by atoms with van der Waals surface area (Å²) in [6, 6.07) is 13.3. The van der Waals surface area contributed by atoms with Gasteiger partial charge in [-0.2, -0.15) is 0 Å². The van der Waals surface area contributed by atoms with E-state index in [-0.39, 0.29) is 5.75 Å². The molecule has 0 saturated heterocycles. The smallest absolute Gasteiger partial charge is 0.232 e. The first-order chi connectivity index (χ1) is 10.9. The van der Waals surface area contributed by atoms with Gasteiger partial charge >= 0.3 is 0 Å². The van der Waals surface area contributed by atoms with Crippen LogP contribution in [0.25, 0.3) is 0 Å². The van der Waals surface area contributed by atoms with Gasteiger partial charge in [-0.3, -0.25) is 4.72 Å². The molecule has 0 fully saturated rings. The van der Waals surface area contributed by atoms with E-state index in [0.717, 1.165) is 22.6 Å². The molecule has 0 heterocycles. The van der Waals surface area contributed by atoms with Gasteiger partial charge in [0.2, 0.25) is 10.0 Å². The first-order valence-corrected chi connectivity index (χ1v) is 9.06. The third-order valence-corrected chi connectivity index (χ3v) is 4.81. The summed E-state index contributed by atoms with van der Waals surface area (Å²) in [4.78, 5) is 0. The predicted molar refractivity (Wildman–Crippen MR) is 94.6 cm³/mol. The van der Waals surface area contributed by atoms with E-state index in [1.54, 1.807) is 26.2 Å². The molecular weight excluding hydrogens is 312 g/mol. The molecule has 2 aromatic rings. The number of anilines is 2. The Morgan fingerprint density at radius 2 is 1.70 bits per heavy atom. The summed E-state index contributed by atoms with van der Waals surface area (Å²) in [6.07, 6.45) is 0. The topological polar surface area (TPSA) is 67.4 Å². The average Bonchev–Trinajstić information content (AvgIpc) is 2.55. The fraction of sp³-hybridized carbons (Fsp3) is 0.294. The Bertz CT molecular complexity index is 756. The van der Waals surface area contributed by atoms with Crippen LogP contribution in [0.2, 0.25) is 0 Å². The van der Waals surface area contributed by atoms with Gasteiger partial charge < -0.3 is 10.1 Å². The standard InChI is InChI=1S/C17H22N2O3S/c1-4-23(20,21)19-16-9-7-15(8-10-16)18-12-14-6-5-13(2)17(11-14)22-3/h5-11,18-19H,4,12H2,1-3H3. The molecule has 6 heteroatoms. The normalized spacial score (nSPS) is 11.1. The summed E-state index contributed by atoms with van der Waals surface area (Å²) in [5, 5.41) is 3.30. The van der Waals surface area contributed by atoms with E-state index in [1.165, 1.54) is 0 Å². The number of sulfonamides is 1. The fourth-order valence-electron chi connectivity index (χ4n) is 2.09.